The summed E-state index contributed by atoms with van der Waals surface area (Å²) in [4.78, 5) is 6.51. The molecule has 0 aliphatic carbocycles. The van der Waals surface area contributed by atoms with Gasteiger partial charge in [-0.05, 0) is 24.5 Å². The van der Waals surface area contributed by atoms with Gasteiger partial charge in [-0.2, -0.15) is 0 Å². The first kappa shape index (κ1) is 13.9. The smallest absolute Gasteiger partial charge is 0.128 e. The van der Waals surface area contributed by atoms with Crippen molar-refractivity contribution in [2.75, 3.05) is 32.2 Å². The standard InChI is InChI=1S/C13H23N3O/c1-4-12(14)9-11-5-6-13(15-10-11)16(2)7-8-17-3/h5-6,10,12H,4,7-9,14H2,1-3H3. The van der Waals surface area contributed by atoms with Crippen molar-refractivity contribution in [3.63, 3.8) is 0 Å². The van der Waals surface area contributed by atoms with Crippen molar-refractivity contribution in [3.8, 4) is 0 Å². The maximum absolute atomic E-state index is 5.91. The van der Waals surface area contributed by atoms with Gasteiger partial charge in [0.2, 0.25) is 0 Å². The van der Waals surface area contributed by atoms with Crippen LogP contribution in [0.5, 0.6) is 0 Å². The zero-order valence-corrected chi connectivity index (χ0v) is 11.0. The zero-order valence-electron chi connectivity index (χ0n) is 11.0. The van der Waals surface area contributed by atoms with Crippen LogP contribution in [-0.4, -0.2) is 38.3 Å². The maximum Gasteiger partial charge on any atom is 0.128 e. The number of anilines is 1. The van der Waals surface area contributed by atoms with E-state index in [1.54, 1.807) is 7.11 Å². The highest BCUT2D eigenvalue weighted by atomic mass is 16.5. The molecule has 1 aromatic heterocycles. The zero-order chi connectivity index (χ0) is 12.7. The second kappa shape index (κ2) is 7.25. The highest BCUT2D eigenvalue weighted by Gasteiger charge is 2.04. The largest absolute Gasteiger partial charge is 0.383 e. The third-order valence-corrected chi connectivity index (χ3v) is 2.85. The lowest BCUT2D eigenvalue weighted by Gasteiger charge is -2.18. The first-order valence-corrected chi connectivity index (χ1v) is 6.08. The Labute approximate surface area is 104 Å². The Morgan fingerprint density at radius 3 is 2.76 bits per heavy atom. The minimum Gasteiger partial charge on any atom is -0.383 e. The lowest BCUT2D eigenvalue weighted by Crippen LogP contribution is -2.23. The molecule has 4 nitrogen and oxygen atoms in total. The quantitative estimate of drug-likeness (QED) is 0.779. The van der Waals surface area contributed by atoms with E-state index in [1.807, 2.05) is 19.3 Å². The van der Waals surface area contributed by atoms with Gasteiger partial charge in [-0.1, -0.05) is 13.0 Å². The van der Waals surface area contributed by atoms with E-state index in [9.17, 15) is 0 Å². The summed E-state index contributed by atoms with van der Waals surface area (Å²) in [5, 5.41) is 0. The summed E-state index contributed by atoms with van der Waals surface area (Å²) in [7, 11) is 3.72. The Kier molecular flexibility index (Phi) is 5.94. The molecule has 0 bridgehead atoms. The summed E-state index contributed by atoms with van der Waals surface area (Å²) in [6, 6.07) is 4.36. The average molecular weight is 237 g/mol. The van der Waals surface area contributed by atoms with E-state index in [1.165, 1.54) is 5.56 Å². The number of ether oxygens (including phenoxy) is 1. The molecule has 1 aromatic rings. The fraction of sp³-hybridized carbons (Fsp3) is 0.615. The van der Waals surface area contributed by atoms with Gasteiger partial charge >= 0.3 is 0 Å². The Balaban J connectivity index is 2.54. The Morgan fingerprint density at radius 1 is 1.47 bits per heavy atom. The molecule has 1 rings (SSSR count). The van der Waals surface area contributed by atoms with Gasteiger partial charge in [-0.15, -0.1) is 0 Å². The van der Waals surface area contributed by atoms with E-state index in [2.05, 4.69) is 22.9 Å². The SMILES string of the molecule is CCC(N)Cc1ccc(N(C)CCOC)nc1. The Bertz CT molecular complexity index is 313. The molecule has 96 valence electrons. The van der Waals surface area contributed by atoms with E-state index in [0.717, 1.165) is 25.2 Å². The van der Waals surface area contributed by atoms with E-state index in [0.29, 0.717) is 6.61 Å². The minimum atomic E-state index is 0.230. The number of hydrogen-bond acceptors (Lipinski definition) is 4. The van der Waals surface area contributed by atoms with Crippen molar-refractivity contribution < 1.29 is 4.74 Å². The molecule has 2 N–H and O–H groups in total. The number of methoxy groups -OCH3 is 1. The van der Waals surface area contributed by atoms with Crippen LogP contribution in [-0.2, 0) is 11.2 Å². The van der Waals surface area contributed by atoms with Crippen LogP contribution in [0.2, 0.25) is 0 Å². The predicted molar refractivity (Wildman–Crippen MR) is 71.4 cm³/mol. The van der Waals surface area contributed by atoms with Gasteiger partial charge < -0.3 is 15.4 Å². The predicted octanol–water partition coefficient (Wildman–Crippen LogP) is 1.44. The maximum atomic E-state index is 5.91. The fourth-order valence-electron chi connectivity index (χ4n) is 1.55. The molecule has 4 heteroatoms. The van der Waals surface area contributed by atoms with Crippen LogP contribution >= 0.6 is 0 Å². The van der Waals surface area contributed by atoms with Gasteiger partial charge in [0.1, 0.15) is 5.82 Å². The van der Waals surface area contributed by atoms with Crippen LogP contribution in [0.15, 0.2) is 18.3 Å². The highest BCUT2D eigenvalue weighted by molar-refractivity contribution is 5.38. The molecule has 0 amide bonds. The number of hydrogen-bond donors (Lipinski definition) is 1. The van der Waals surface area contributed by atoms with Crippen molar-refractivity contribution in [2.45, 2.75) is 25.8 Å². The highest BCUT2D eigenvalue weighted by Crippen LogP contribution is 2.10. The van der Waals surface area contributed by atoms with Crippen LogP contribution < -0.4 is 10.6 Å². The van der Waals surface area contributed by atoms with Crippen LogP contribution in [0.1, 0.15) is 18.9 Å². The lowest BCUT2D eigenvalue weighted by molar-refractivity contribution is 0.206. The van der Waals surface area contributed by atoms with Gasteiger partial charge in [-0.25, -0.2) is 4.98 Å². The van der Waals surface area contributed by atoms with E-state index in [-0.39, 0.29) is 6.04 Å². The number of pyridine rings is 1. The molecule has 1 atom stereocenters. The van der Waals surface area contributed by atoms with Gasteiger partial charge in [0.25, 0.3) is 0 Å². The minimum absolute atomic E-state index is 0.230. The van der Waals surface area contributed by atoms with Crippen LogP contribution in [0.25, 0.3) is 0 Å². The molecule has 0 saturated heterocycles. The molecule has 0 aromatic carbocycles. The second-order valence-corrected chi connectivity index (χ2v) is 4.31. The van der Waals surface area contributed by atoms with Crippen LogP contribution in [0.4, 0.5) is 5.82 Å². The lowest BCUT2D eigenvalue weighted by atomic mass is 10.1. The third-order valence-electron chi connectivity index (χ3n) is 2.85. The molecular formula is C13H23N3O. The van der Waals surface area contributed by atoms with Crippen molar-refractivity contribution in [2.24, 2.45) is 5.73 Å². The summed E-state index contributed by atoms with van der Waals surface area (Å²) >= 11 is 0. The van der Waals surface area contributed by atoms with Crippen LogP contribution in [0.3, 0.4) is 0 Å². The molecule has 0 radical (unpaired) electrons. The van der Waals surface area contributed by atoms with Gasteiger partial charge in [0.15, 0.2) is 0 Å². The van der Waals surface area contributed by atoms with Crippen molar-refractivity contribution in [1.29, 1.82) is 0 Å². The molecule has 0 fully saturated rings. The number of rotatable bonds is 7. The molecule has 0 spiro atoms. The Morgan fingerprint density at radius 2 is 2.24 bits per heavy atom. The van der Waals surface area contributed by atoms with E-state index >= 15 is 0 Å². The molecule has 0 aliphatic rings. The molecule has 1 heterocycles. The van der Waals surface area contributed by atoms with Crippen LogP contribution in [0, 0.1) is 0 Å². The summed E-state index contributed by atoms with van der Waals surface area (Å²) in [5.74, 6) is 0.968. The molecule has 17 heavy (non-hydrogen) atoms. The van der Waals surface area contributed by atoms with Crippen molar-refractivity contribution in [1.82, 2.24) is 4.98 Å². The Hall–Kier alpha value is -1.13. The summed E-state index contributed by atoms with van der Waals surface area (Å²) in [6.45, 7) is 3.66. The first-order valence-electron chi connectivity index (χ1n) is 6.08. The fourth-order valence-corrected chi connectivity index (χ4v) is 1.55. The topological polar surface area (TPSA) is 51.4 Å². The number of nitrogens with two attached hydrogens (primary N) is 1. The number of aromatic nitrogens is 1. The van der Waals surface area contributed by atoms with E-state index < -0.39 is 0 Å². The number of likely N-dealkylation sites (N-methyl/N-ethyl adjacent to an activating group) is 1. The molecule has 0 saturated carbocycles. The monoisotopic (exact) mass is 237 g/mol. The number of nitrogens with zero attached hydrogens (tertiary/aromatic N) is 2. The molecule has 0 aliphatic heterocycles. The van der Waals surface area contributed by atoms with Crippen molar-refractivity contribution in [3.05, 3.63) is 23.9 Å². The molecule has 1 unspecified atom stereocenters. The first-order chi connectivity index (χ1) is 8.17. The van der Waals surface area contributed by atoms with Gasteiger partial charge in [-0.3, -0.25) is 0 Å². The second-order valence-electron chi connectivity index (χ2n) is 4.31. The summed E-state index contributed by atoms with van der Waals surface area (Å²) in [5.41, 5.74) is 7.11. The molecular weight excluding hydrogens is 214 g/mol. The normalized spacial score (nSPS) is 12.5. The van der Waals surface area contributed by atoms with E-state index in [4.69, 9.17) is 10.5 Å². The van der Waals surface area contributed by atoms with Gasteiger partial charge in [0, 0.05) is 32.9 Å². The van der Waals surface area contributed by atoms with Gasteiger partial charge in [0.05, 0.1) is 6.61 Å². The third kappa shape index (κ3) is 4.71. The average Bonchev–Trinajstić information content (AvgIpc) is 2.36. The summed E-state index contributed by atoms with van der Waals surface area (Å²) < 4.78 is 5.04. The van der Waals surface area contributed by atoms with Crippen molar-refractivity contribution >= 4 is 5.82 Å². The summed E-state index contributed by atoms with van der Waals surface area (Å²) in [6.07, 6.45) is 3.80.